The molecule has 138 valence electrons. The van der Waals surface area contributed by atoms with Crippen molar-refractivity contribution in [3.05, 3.63) is 59.7 Å². The highest BCUT2D eigenvalue weighted by atomic mass is 16.2. The number of carbonyl (C=O) groups is 4. The van der Waals surface area contributed by atoms with Crippen LogP contribution >= 0.6 is 0 Å². The first-order valence-electron chi connectivity index (χ1n) is 8.64. The maximum atomic E-state index is 12.2. The Morgan fingerprint density at radius 1 is 1.07 bits per heavy atom. The molecule has 2 aromatic carbocycles. The van der Waals surface area contributed by atoms with Crippen molar-refractivity contribution in [2.45, 2.75) is 13.5 Å². The van der Waals surface area contributed by atoms with Gasteiger partial charge in [0, 0.05) is 25.7 Å². The molecule has 2 aromatic rings. The van der Waals surface area contributed by atoms with Gasteiger partial charge in [-0.05, 0) is 29.7 Å². The number of carbonyl (C=O) groups excluding carboxylic acids is 4. The van der Waals surface area contributed by atoms with Crippen molar-refractivity contribution in [1.82, 2.24) is 10.2 Å². The second-order valence-electron chi connectivity index (χ2n) is 6.65. The number of hydrogen-bond donors (Lipinski definition) is 1. The number of hydrogen-bond acceptors (Lipinski definition) is 4. The fourth-order valence-electron chi connectivity index (χ4n) is 3.05. The first-order valence-corrected chi connectivity index (χ1v) is 8.64. The molecule has 0 radical (unpaired) electrons. The van der Waals surface area contributed by atoms with Crippen molar-refractivity contribution in [2.75, 3.05) is 13.6 Å². The molecule has 6 heteroatoms. The zero-order chi connectivity index (χ0) is 19.6. The summed E-state index contributed by atoms with van der Waals surface area (Å²) in [5.74, 6) is -2.64. The Morgan fingerprint density at radius 3 is 2.37 bits per heavy atom. The van der Waals surface area contributed by atoms with Gasteiger partial charge in [0.25, 0.3) is 5.91 Å². The number of Topliss-reactive ketones (excluding diaryl/α,β-unsaturated/α-hetero) is 2. The van der Waals surface area contributed by atoms with Gasteiger partial charge in [-0.1, -0.05) is 42.5 Å². The van der Waals surface area contributed by atoms with Crippen LogP contribution in [0, 0.1) is 5.92 Å². The first kappa shape index (κ1) is 18.5. The summed E-state index contributed by atoms with van der Waals surface area (Å²) in [5.41, 5.74) is 3.46. The van der Waals surface area contributed by atoms with E-state index in [1.807, 2.05) is 36.4 Å². The monoisotopic (exact) mass is 364 g/mol. The lowest BCUT2D eigenvalue weighted by molar-refractivity contribution is -0.142. The Bertz CT molecular complexity index is 918. The van der Waals surface area contributed by atoms with E-state index in [0.29, 0.717) is 5.56 Å². The van der Waals surface area contributed by atoms with Crippen LogP contribution in [0.5, 0.6) is 0 Å². The van der Waals surface area contributed by atoms with Crippen molar-refractivity contribution in [2.24, 2.45) is 5.92 Å². The van der Waals surface area contributed by atoms with Gasteiger partial charge >= 0.3 is 0 Å². The van der Waals surface area contributed by atoms with Crippen molar-refractivity contribution in [3.8, 4) is 11.1 Å². The van der Waals surface area contributed by atoms with Crippen LogP contribution in [0.15, 0.2) is 48.5 Å². The number of likely N-dealkylation sites (N-methyl/N-ethyl adjacent to an activating group) is 1. The number of likely N-dealkylation sites (tertiary alicyclic amines) is 1. The molecular weight excluding hydrogens is 344 g/mol. The summed E-state index contributed by atoms with van der Waals surface area (Å²) >= 11 is 0. The van der Waals surface area contributed by atoms with Crippen molar-refractivity contribution < 1.29 is 19.2 Å². The van der Waals surface area contributed by atoms with E-state index in [9.17, 15) is 19.2 Å². The van der Waals surface area contributed by atoms with E-state index in [-0.39, 0.29) is 18.9 Å². The van der Waals surface area contributed by atoms with Gasteiger partial charge in [-0.2, -0.15) is 0 Å². The molecule has 27 heavy (non-hydrogen) atoms. The molecule has 1 aliphatic heterocycles. The van der Waals surface area contributed by atoms with Gasteiger partial charge in [0.1, 0.15) is 5.92 Å². The van der Waals surface area contributed by atoms with Gasteiger partial charge in [-0.25, -0.2) is 0 Å². The predicted octanol–water partition coefficient (Wildman–Crippen LogP) is 1.83. The smallest absolute Gasteiger partial charge is 0.290 e. The molecule has 6 nitrogen and oxygen atoms in total. The van der Waals surface area contributed by atoms with Crippen molar-refractivity contribution in [3.63, 3.8) is 0 Å². The second-order valence-corrected chi connectivity index (χ2v) is 6.65. The Kier molecular flexibility index (Phi) is 5.16. The fourth-order valence-corrected chi connectivity index (χ4v) is 3.05. The van der Waals surface area contributed by atoms with Crippen LogP contribution < -0.4 is 5.32 Å². The molecule has 1 atom stereocenters. The molecule has 2 amide bonds. The lowest BCUT2D eigenvalue weighted by Crippen LogP contribution is -2.35. The van der Waals surface area contributed by atoms with E-state index in [0.717, 1.165) is 16.7 Å². The second kappa shape index (κ2) is 7.53. The number of rotatable bonds is 5. The quantitative estimate of drug-likeness (QED) is 0.498. The fraction of sp³-hybridized carbons (Fsp3) is 0.238. The molecular formula is C21H20N2O4. The number of benzene rings is 2. The molecule has 1 saturated heterocycles. The van der Waals surface area contributed by atoms with Crippen molar-refractivity contribution in [1.29, 1.82) is 0 Å². The van der Waals surface area contributed by atoms with Crippen LogP contribution in [0.4, 0.5) is 0 Å². The molecule has 1 N–H and O–H groups in total. The zero-order valence-corrected chi connectivity index (χ0v) is 15.2. The maximum Gasteiger partial charge on any atom is 0.290 e. The number of nitrogens with zero attached hydrogens (tertiary/aromatic N) is 1. The van der Waals surface area contributed by atoms with Crippen LogP contribution in [-0.4, -0.2) is 41.9 Å². The van der Waals surface area contributed by atoms with E-state index in [1.54, 1.807) is 12.1 Å². The van der Waals surface area contributed by atoms with E-state index >= 15 is 0 Å². The Hall–Kier alpha value is -3.28. The normalized spacial score (nSPS) is 16.5. The SMILES string of the molecule is CC(=O)c1ccc(-c2cccc(CNC(=O)C3CN(C)C(=O)C3=O)c2)cc1. The summed E-state index contributed by atoms with van der Waals surface area (Å²) < 4.78 is 0. The predicted molar refractivity (Wildman–Crippen MR) is 99.9 cm³/mol. The average molecular weight is 364 g/mol. The maximum absolute atomic E-state index is 12.2. The molecule has 3 rings (SSSR count). The van der Waals surface area contributed by atoms with E-state index in [1.165, 1.54) is 18.9 Å². The average Bonchev–Trinajstić information content (AvgIpc) is 2.94. The van der Waals surface area contributed by atoms with Crippen molar-refractivity contribution >= 4 is 23.4 Å². The van der Waals surface area contributed by atoms with Crippen LogP contribution in [-0.2, 0) is 20.9 Å². The van der Waals surface area contributed by atoms with Gasteiger partial charge in [0.15, 0.2) is 5.78 Å². The highest BCUT2D eigenvalue weighted by Crippen LogP contribution is 2.21. The van der Waals surface area contributed by atoms with Crippen LogP contribution in [0.1, 0.15) is 22.8 Å². The van der Waals surface area contributed by atoms with Crippen LogP contribution in [0.25, 0.3) is 11.1 Å². The molecule has 0 spiro atoms. The molecule has 0 aromatic heterocycles. The third-order valence-electron chi connectivity index (χ3n) is 4.67. The summed E-state index contributed by atoms with van der Waals surface area (Å²) in [6.45, 7) is 1.91. The molecule has 1 heterocycles. The van der Waals surface area contributed by atoms with Crippen LogP contribution in [0.3, 0.4) is 0 Å². The van der Waals surface area contributed by atoms with Crippen LogP contribution in [0.2, 0.25) is 0 Å². The highest BCUT2D eigenvalue weighted by molar-refractivity contribution is 6.42. The van der Waals surface area contributed by atoms with E-state index < -0.39 is 23.5 Å². The molecule has 0 saturated carbocycles. The Balaban J connectivity index is 1.67. The third kappa shape index (κ3) is 3.95. The summed E-state index contributed by atoms with van der Waals surface area (Å²) in [5, 5.41) is 2.73. The number of ketones is 2. The number of amides is 2. The molecule has 1 unspecified atom stereocenters. The van der Waals surface area contributed by atoms with Gasteiger partial charge in [-0.15, -0.1) is 0 Å². The summed E-state index contributed by atoms with van der Waals surface area (Å²) in [7, 11) is 1.51. The first-order chi connectivity index (χ1) is 12.9. The topological polar surface area (TPSA) is 83.6 Å². The van der Waals surface area contributed by atoms with Gasteiger partial charge < -0.3 is 10.2 Å². The standard InChI is InChI=1S/C21H20N2O4/c1-13(24)15-6-8-16(9-7-15)17-5-3-4-14(10-17)11-22-20(26)18-12-23(2)21(27)19(18)25/h3-10,18H,11-12H2,1-2H3,(H,22,26). The van der Waals surface area contributed by atoms with E-state index in [4.69, 9.17) is 0 Å². The zero-order valence-electron chi connectivity index (χ0n) is 15.2. The molecule has 1 aliphatic rings. The summed E-state index contributed by atoms with van der Waals surface area (Å²) in [6, 6.07) is 15.0. The largest absolute Gasteiger partial charge is 0.351 e. The minimum Gasteiger partial charge on any atom is -0.351 e. The Labute approximate surface area is 157 Å². The lowest BCUT2D eigenvalue weighted by atomic mass is 10.0. The molecule has 1 fully saturated rings. The van der Waals surface area contributed by atoms with Gasteiger partial charge in [0.05, 0.1) is 0 Å². The number of nitrogens with one attached hydrogen (secondary N) is 1. The lowest BCUT2D eigenvalue weighted by Gasteiger charge is -2.11. The summed E-state index contributed by atoms with van der Waals surface area (Å²) in [4.78, 5) is 48.2. The summed E-state index contributed by atoms with van der Waals surface area (Å²) in [6.07, 6.45) is 0. The molecule has 0 aliphatic carbocycles. The minimum absolute atomic E-state index is 0.0172. The van der Waals surface area contributed by atoms with E-state index in [2.05, 4.69) is 5.32 Å². The van der Waals surface area contributed by atoms with Gasteiger partial charge in [0.2, 0.25) is 11.7 Å². The van der Waals surface area contributed by atoms with Gasteiger partial charge in [-0.3, -0.25) is 19.2 Å². The minimum atomic E-state index is -0.940. The highest BCUT2D eigenvalue weighted by Gasteiger charge is 2.41. The Morgan fingerprint density at radius 2 is 1.78 bits per heavy atom. The third-order valence-corrected chi connectivity index (χ3v) is 4.67. The molecule has 0 bridgehead atoms.